The highest BCUT2D eigenvalue weighted by atomic mass is 16.4. The lowest BCUT2D eigenvalue weighted by molar-refractivity contribution is 0.572. The number of hydrogen-bond donors (Lipinski definition) is 0. The fraction of sp³-hybridized carbons (Fsp3) is 0.0455. The Balaban J connectivity index is 0.000000353. The fourth-order valence-electron chi connectivity index (χ4n) is 6.28. The summed E-state index contributed by atoms with van der Waals surface area (Å²) in [4.78, 5) is 18.0. The number of para-hydroxylation sites is 2. The van der Waals surface area contributed by atoms with Gasteiger partial charge in [-0.05, 0) is 54.6 Å². The summed E-state index contributed by atoms with van der Waals surface area (Å²) in [7, 11) is 0. The van der Waals surface area contributed by atoms with Crippen LogP contribution in [0.5, 0.6) is 0 Å². The predicted octanol–water partition coefficient (Wildman–Crippen LogP) is 11.2. The van der Waals surface area contributed by atoms with Crippen LogP contribution in [0.1, 0.15) is 30.5 Å². The van der Waals surface area contributed by atoms with Gasteiger partial charge in [-0.25, -0.2) is 4.79 Å². The Morgan fingerprint density at radius 2 is 1.15 bits per heavy atom. The highest BCUT2D eigenvalue weighted by Gasteiger charge is 2.20. The van der Waals surface area contributed by atoms with Gasteiger partial charge in [-0.2, -0.15) is 0 Å². The normalized spacial score (nSPS) is 11.5. The van der Waals surface area contributed by atoms with E-state index < -0.39 is 0 Å². The van der Waals surface area contributed by atoms with Gasteiger partial charge in [-0.15, -0.1) is 0 Å². The summed E-state index contributed by atoms with van der Waals surface area (Å²) in [6.07, 6.45) is 0. The van der Waals surface area contributed by atoms with Gasteiger partial charge in [0.05, 0.1) is 27.8 Å². The third kappa shape index (κ3) is 5.54. The van der Waals surface area contributed by atoms with E-state index >= 15 is 0 Å². The van der Waals surface area contributed by atoms with E-state index in [1.807, 2.05) is 117 Å². The first-order valence-electron chi connectivity index (χ1n) is 15.9. The van der Waals surface area contributed by atoms with Crippen LogP contribution >= 0.6 is 0 Å². The maximum absolute atomic E-state index is 13.1. The summed E-state index contributed by atoms with van der Waals surface area (Å²) in [6, 6.07) is 48.4. The Kier molecular flexibility index (Phi) is 8.14. The Morgan fingerprint density at radius 3 is 1.83 bits per heavy atom. The quantitative estimate of drug-likeness (QED) is 0.109. The van der Waals surface area contributed by atoms with Crippen LogP contribution in [0.25, 0.3) is 60.5 Å². The van der Waals surface area contributed by atoms with Crippen LogP contribution in [0.2, 0.25) is 0 Å². The lowest BCUT2D eigenvalue weighted by atomic mass is 10.0. The summed E-state index contributed by atoms with van der Waals surface area (Å²) < 4.78 is 8.26. The highest BCUT2D eigenvalue weighted by molar-refractivity contribution is 6.21. The Labute approximate surface area is 279 Å². The van der Waals surface area contributed by atoms with E-state index in [0.29, 0.717) is 16.7 Å². The van der Waals surface area contributed by atoms with Gasteiger partial charge in [-0.1, -0.05) is 140 Å². The molecule has 0 aliphatic rings. The second-order valence-electron chi connectivity index (χ2n) is 11.8. The van der Waals surface area contributed by atoms with Gasteiger partial charge in [0.2, 0.25) is 0 Å². The van der Waals surface area contributed by atoms with Crippen LogP contribution in [-0.4, -0.2) is 10.3 Å². The number of fused-ring (bicyclic) bond motifs is 7. The molecule has 0 unspecified atom stereocenters. The van der Waals surface area contributed by atoms with Crippen molar-refractivity contribution in [3.63, 3.8) is 0 Å². The standard InChI is InChI=1S/C35H24N2O2.C9H10/c1-22(24-12-4-3-5-13-24)36-23(2)25-14-8-10-18-31(25)37-32-19-11-9-16-27(32)28-20-21-29-26-15-6-7-17-30(26)35(38)39-34(29)33(28)37;1-8(2)9-6-4-3-5-7-9/h3-21H,2H2,1H3;3-7H,1H2,2H3. The number of nitrogens with zero attached hydrogens (tertiary/aromatic N) is 2. The minimum absolute atomic E-state index is 0.344. The SMILES string of the molecule is C=C(C)c1ccccc1.C=C(N=C(C)c1ccccc1)c1ccccc1-n1c2ccccc2c2ccc3c4ccccc4c(=O)oc3c21. The van der Waals surface area contributed by atoms with Crippen molar-refractivity contribution in [2.45, 2.75) is 13.8 Å². The summed E-state index contributed by atoms with van der Waals surface area (Å²) >= 11 is 0. The van der Waals surface area contributed by atoms with Gasteiger partial charge in [0.25, 0.3) is 0 Å². The minimum atomic E-state index is -0.344. The van der Waals surface area contributed by atoms with Gasteiger partial charge in [0.1, 0.15) is 0 Å². The molecule has 4 heteroatoms. The molecule has 0 amide bonds. The molecule has 0 aliphatic heterocycles. The summed E-state index contributed by atoms with van der Waals surface area (Å²) in [5.74, 6) is 0. The van der Waals surface area contributed by atoms with Crippen molar-refractivity contribution in [3.8, 4) is 5.69 Å². The number of aromatic nitrogens is 1. The molecular weight excluding hydrogens is 588 g/mol. The minimum Gasteiger partial charge on any atom is -0.420 e. The Bertz CT molecular complexity index is 2570. The van der Waals surface area contributed by atoms with Gasteiger partial charge in [0, 0.05) is 27.4 Å². The molecule has 0 atom stereocenters. The first kappa shape index (κ1) is 30.4. The maximum atomic E-state index is 13.1. The van der Waals surface area contributed by atoms with Gasteiger partial charge >= 0.3 is 5.63 Å². The summed E-state index contributed by atoms with van der Waals surface area (Å²) in [5.41, 5.74) is 8.84. The molecule has 8 aromatic rings. The van der Waals surface area contributed by atoms with E-state index in [1.54, 1.807) is 0 Å². The first-order chi connectivity index (χ1) is 23.4. The lowest BCUT2D eigenvalue weighted by Gasteiger charge is -2.15. The lowest BCUT2D eigenvalue weighted by Crippen LogP contribution is -2.03. The smallest absolute Gasteiger partial charge is 0.344 e. The molecule has 4 nitrogen and oxygen atoms in total. The molecule has 2 heterocycles. The van der Waals surface area contributed by atoms with Crippen LogP contribution in [0.3, 0.4) is 0 Å². The zero-order valence-electron chi connectivity index (χ0n) is 27.0. The van der Waals surface area contributed by atoms with Crippen molar-refractivity contribution in [1.82, 2.24) is 4.57 Å². The average molecular weight is 623 g/mol. The van der Waals surface area contributed by atoms with E-state index in [4.69, 9.17) is 9.41 Å². The van der Waals surface area contributed by atoms with E-state index in [9.17, 15) is 4.79 Å². The second-order valence-corrected chi connectivity index (χ2v) is 11.8. The van der Waals surface area contributed by atoms with Crippen molar-refractivity contribution in [2.75, 3.05) is 0 Å². The van der Waals surface area contributed by atoms with Crippen LogP contribution < -0.4 is 5.63 Å². The summed E-state index contributed by atoms with van der Waals surface area (Å²) in [5, 5.41) is 4.45. The Hall–Kier alpha value is -6.26. The van der Waals surface area contributed by atoms with Crippen LogP contribution in [0, 0.1) is 0 Å². The number of hydrogen-bond acceptors (Lipinski definition) is 3. The molecule has 0 spiro atoms. The number of rotatable bonds is 5. The molecule has 2 aromatic heterocycles. The van der Waals surface area contributed by atoms with Crippen LogP contribution in [0.4, 0.5) is 0 Å². The van der Waals surface area contributed by atoms with Gasteiger partial charge < -0.3 is 8.98 Å². The fourth-order valence-corrected chi connectivity index (χ4v) is 6.28. The van der Waals surface area contributed by atoms with Crippen molar-refractivity contribution < 1.29 is 4.42 Å². The van der Waals surface area contributed by atoms with Crippen molar-refractivity contribution in [3.05, 3.63) is 186 Å². The number of allylic oxidation sites excluding steroid dienone is 1. The largest absolute Gasteiger partial charge is 0.420 e. The van der Waals surface area contributed by atoms with Crippen molar-refractivity contribution in [2.24, 2.45) is 4.99 Å². The molecule has 0 fully saturated rings. The molecule has 0 aliphatic carbocycles. The monoisotopic (exact) mass is 622 g/mol. The highest BCUT2D eigenvalue weighted by Crippen LogP contribution is 2.39. The third-order valence-electron chi connectivity index (χ3n) is 8.64. The van der Waals surface area contributed by atoms with E-state index in [2.05, 4.69) is 60.2 Å². The van der Waals surface area contributed by atoms with E-state index in [-0.39, 0.29) is 5.63 Å². The average Bonchev–Trinajstić information content (AvgIpc) is 3.47. The molecule has 0 saturated heterocycles. The molecule has 0 bridgehead atoms. The maximum Gasteiger partial charge on any atom is 0.344 e. The van der Waals surface area contributed by atoms with Gasteiger partial charge in [0.15, 0.2) is 5.58 Å². The Morgan fingerprint density at radius 1 is 0.583 bits per heavy atom. The molecule has 6 aromatic carbocycles. The predicted molar refractivity (Wildman–Crippen MR) is 203 cm³/mol. The topological polar surface area (TPSA) is 47.5 Å². The van der Waals surface area contributed by atoms with Crippen LogP contribution in [0.15, 0.2) is 173 Å². The molecular formula is C44H34N2O2. The molecule has 0 radical (unpaired) electrons. The van der Waals surface area contributed by atoms with Crippen molar-refractivity contribution in [1.29, 1.82) is 0 Å². The number of benzene rings is 6. The van der Waals surface area contributed by atoms with E-state index in [0.717, 1.165) is 60.7 Å². The molecule has 48 heavy (non-hydrogen) atoms. The zero-order valence-corrected chi connectivity index (χ0v) is 27.0. The third-order valence-corrected chi connectivity index (χ3v) is 8.64. The van der Waals surface area contributed by atoms with E-state index in [1.165, 1.54) is 5.56 Å². The van der Waals surface area contributed by atoms with Gasteiger partial charge in [-0.3, -0.25) is 4.99 Å². The summed E-state index contributed by atoms with van der Waals surface area (Å²) in [6.45, 7) is 12.2. The molecule has 8 rings (SSSR count). The zero-order chi connectivity index (χ0) is 33.2. The molecule has 0 saturated carbocycles. The number of aliphatic imine (C=N–C) groups is 1. The second kappa shape index (κ2) is 12.9. The molecule has 0 N–H and O–H groups in total. The first-order valence-corrected chi connectivity index (χ1v) is 15.9. The molecule has 232 valence electrons. The van der Waals surface area contributed by atoms with Crippen molar-refractivity contribution >= 4 is 60.5 Å². The van der Waals surface area contributed by atoms with Crippen LogP contribution in [-0.2, 0) is 0 Å².